The molecular weight excluding hydrogens is 374 g/mol. The highest BCUT2D eigenvalue weighted by Gasteiger charge is 2.37. The molecular formula is C21H27N3O5. The Hall–Kier alpha value is -2.90. The molecule has 1 heterocycles. The summed E-state index contributed by atoms with van der Waals surface area (Å²) in [7, 11) is 0. The number of amides is 4. The van der Waals surface area contributed by atoms with E-state index in [4.69, 9.17) is 4.74 Å². The van der Waals surface area contributed by atoms with Crippen LogP contribution in [0.2, 0.25) is 0 Å². The van der Waals surface area contributed by atoms with Crippen LogP contribution in [0.1, 0.15) is 44.6 Å². The van der Waals surface area contributed by atoms with Crippen molar-refractivity contribution in [1.29, 1.82) is 0 Å². The maximum absolute atomic E-state index is 12.4. The number of benzene rings is 1. The molecule has 0 bridgehead atoms. The second-order valence-corrected chi connectivity index (χ2v) is 7.50. The van der Waals surface area contributed by atoms with E-state index >= 15 is 0 Å². The minimum Gasteiger partial charge on any atom is -0.455 e. The average Bonchev–Trinajstić information content (AvgIpc) is 3.35. The zero-order valence-electron chi connectivity index (χ0n) is 16.6. The zero-order chi connectivity index (χ0) is 20.8. The lowest BCUT2D eigenvalue weighted by atomic mass is 10.1. The van der Waals surface area contributed by atoms with Crippen LogP contribution < -0.4 is 15.5 Å². The van der Waals surface area contributed by atoms with E-state index in [1.165, 1.54) is 0 Å². The molecule has 0 aromatic heterocycles. The van der Waals surface area contributed by atoms with E-state index in [2.05, 4.69) is 10.6 Å². The molecule has 8 heteroatoms. The van der Waals surface area contributed by atoms with Gasteiger partial charge in [-0.15, -0.1) is 0 Å². The number of esters is 1. The molecule has 4 amide bonds. The van der Waals surface area contributed by atoms with E-state index in [0.717, 1.165) is 43.4 Å². The maximum Gasteiger partial charge on any atom is 0.321 e. The van der Waals surface area contributed by atoms with Crippen molar-refractivity contribution in [3.8, 4) is 0 Å². The van der Waals surface area contributed by atoms with Gasteiger partial charge in [-0.1, -0.05) is 38.0 Å². The van der Waals surface area contributed by atoms with E-state index in [-0.39, 0.29) is 24.9 Å². The predicted molar refractivity (Wildman–Crippen MR) is 106 cm³/mol. The van der Waals surface area contributed by atoms with Gasteiger partial charge in [0.15, 0.2) is 6.61 Å². The van der Waals surface area contributed by atoms with Crippen LogP contribution in [0.5, 0.6) is 0 Å². The minimum atomic E-state index is -0.689. The molecule has 1 aromatic carbocycles. The van der Waals surface area contributed by atoms with Crippen molar-refractivity contribution in [3.05, 3.63) is 29.8 Å². The van der Waals surface area contributed by atoms with Crippen LogP contribution in [-0.4, -0.2) is 43.0 Å². The van der Waals surface area contributed by atoms with Crippen molar-refractivity contribution in [2.24, 2.45) is 5.92 Å². The van der Waals surface area contributed by atoms with Gasteiger partial charge in [0.2, 0.25) is 5.91 Å². The molecule has 2 fully saturated rings. The summed E-state index contributed by atoms with van der Waals surface area (Å²) in [5.41, 5.74) is 1.83. The topological polar surface area (TPSA) is 105 Å². The number of hydrogen-bond acceptors (Lipinski definition) is 5. The average molecular weight is 401 g/mol. The Morgan fingerprint density at radius 2 is 1.90 bits per heavy atom. The smallest absolute Gasteiger partial charge is 0.321 e. The molecule has 0 spiro atoms. The van der Waals surface area contributed by atoms with Crippen molar-refractivity contribution in [1.82, 2.24) is 10.6 Å². The van der Waals surface area contributed by atoms with Crippen LogP contribution >= 0.6 is 0 Å². The first-order valence-corrected chi connectivity index (χ1v) is 10.1. The SMILES string of the molecule is CCc1ccccc1N1C[C@@H](C(=O)OCC(=O)NC(=O)NC2CCCC2)CC1=O. The van der Waals surface area contributed by atoms with Crippen molar-refractivity contribution < 1.29 is 23.9 Å². The van der Waals surface area contributed by atoms with Crippen LogP contribution in [0, 0.1) is 5.92 Å². The lowest BCUT2D eigenvalue weighted by Crippen LogP contribution is -2.45. The molecule has 0 radical (unpaired) electrons. The highest BCUT2D eigenvalue weighted by Crippen LogP contribution is 2.29. The van der Waals surface area contributed by atoms with Gasteiger partial charge in [-0.3, -0.25) is 19.7 Å². The van der Waals surface area contributed by atoms with Crippen molar-refractivity contribution >= 4 is 29.5 Å². The minimum absolute atomic E-state index is 0.0423. The van der Waals surface area contributed by atoms with E-state index in [1.54, 1.807) is 4.90 Å². The van der Waals surface area contributed by atoms with Gasteiger partial charge in [0, 0.05) is 24.7 Å². The van der Waals surface area contributed by atoms with Crippen LogP contribution in [0.3, 0.4) is 0 Å². The Kier molecular flexibility index (Phi) is 6.85. The number of aryl methyl sites for hydroxylation is 1. The highest BCUT2D eigenvalue weighted by atomic mass is 16.5. The number of carbonyl (C=O) groups is 4. The van der Waals surface area contributed by atoms with E-state index in [1.807, 2.05) is 31.2 Å². The third-order valence-electron chi connectivity index (χ3n) is 5.41. The Bertz CT molecular complexity index is 788. The second-order valence-electron chi connectivity index (χ2n) is 7.50. The standard InChI is InChI=1S/C21H27N3O5/c1-2-14-7-3-6-10-17(14)24-12-15(11-19(24)26)20(27)29-13-18(25)23-21(28)22-16-8-4-5-9-16/h3,6-7,10,15-16H,2,4-5,8-9,11-13H2,1H3,(H2,22,23,25,28)/t15-/m0/s1. The fourth-order valence-electron chi connectivity index (χ4n) is 3.88. The number of nitrogens with zero attached hydrogens (tertiary/aromatic N) is 1. The first-order valence-electron chi connectivity index (χ1n) is 10.1. The molecule has 0 unspecified atom stereocenters. The molecule has 1 atom stereocenters. The summed E-state index contributed by atoms with van der Waals surface area (Å²) in [6.07, 6.45) is 4.76. The molecule has 2 N–H and O–H groups in total. The second kappa shape index (κ2) is 9.54. The third kappa shape index (κ3) is 5.34. The highest BCUT2D eigenvalue weighted by molar-refractivity contribution is 6.00. The largest absolute Gasteiger partial charge is 0.455 e. The fourth-order valence-corrected chi connectivity index (χ4v) is 3.88. The van der Waals surface area contributed by atoms with Gasteiger partial charge in [-0.25, -0.2) is 4.79 Å². The van der Waals surface area contributed by atoms with Gasteiger partial charge in [0.25, 0.3) is 5.91 Å². The lowest BCUT2D eigenvalue weighted by Gasteiger charge is -2.19. The Labute approximate surface area is 170 Å². The summed E-state index contributed by atoms with van der Waals surface area (Å²) in [5, 5.41) is 4.90. The number of imide groups is 1. The van der Waals surface area contributed by atoms with Crippen LogP contribution in [0.4, 0.5) is 10.5 Å². The predicted octanol–water partition coefficient (Wildman–Crippen LogP) is 1.91. The molecule has 1 aliphatic carbocycles. The van der Waals surface area contributed by atoms with Crippen LogP contribution in [0.15, 0.2) is 24.3 Å². The molecule has 1 aromatic rings. The molecule has 29 heavy (non-hydrogen) atoms. The Morgan fingerprint density at radius 3 is 2.62 bits per heavy atom. The van der Waals surface area contributed by atoms with Crippen molar-refractivity contribution in [3.63, 3.8) is 0 Å². The van der Waals surface area contributed by atoms with E-state index < -0.39 is 30.4 Å². The summed E-state index contributed by atoms with van der Waals surface area (Å²) in [6, 6.07) is 7.10. The van der Waals surface area contributed by atoms with Gasteiger partial charge >= 0.3 is 12.0 Å². The monoisotopic (exact) mass is 401 g/mol. The zero-order valence-corrected chi connectivity index (χ0v) is 16.6. The van der Waals surface area contributed by atoms with Gasteiger partial charge in [-0.05, 0) is 30.9 Å². The first-order chi connectivity index (χ1) is 14.0. The van der Waals surface area contributed by atoms with Crippen LogP contribution in [0.25, 0.3) is 0 Å². The quantitative estimate of drug-likeness (QED) is 0.709. The third-order valence-corrected chi connectivity index (χ3v) is 5.41. The molecule has 1 saturated heterocycles. The summed E-state index contributed by atoms with van der Waals surface area (Å²) in [6.45, 7) is 1.68. The number of para-hydroxylation sites is 1. The summed E-state index contributed by atoms with van der Waals surface area (Å²) < 4.78 is 5.04. The maximum atomic E-state index is 12.4. The number of ether oxygens (including phenoxy) is 1. The number of urea groups is 1. The van der Waals surface area contributed by atoms with Crippen molar-refractivity contribution in [2.45, 2.75) is 51.5 Å². The van der Waals surface area contributed by atoms with E-state index in [9.17, 15) is 19.2 Å². The van der Waals surface area contributed by atoms with E-state index in [0.29, 0.717) is 0 Å². The molecule has 3 rings (SSSR count). The number of nitrogens with one attached hydrogen (secondary N) is 2. The summed E-state index contributed by atoms with van der Waals surface area (Å²) in [4.78, 5) is 49.9. The summed E-state index contributed by atoms with van der Waals surface area (Å²) >= 11 is 0. The molecule has 1 saturated carbocycles. The summed E-state index contributed by atoms with van der Waals surface area (Å²) in [5.74, 6) is -2.08. The molecule has 1 aliphatic heterocycles. The molecule has 2 aliphatic rings. The fraction of sp³-hybridized carbons (Fsp3) is 0.524. The lowest BCUT2D eigenvalue weighted by molar-refractivity contribution is -0.152. The molecule has 8 nitrogen and oxygen atoms in total. The normalized spacial score (nSPS) is 19.3. The Balaban J connectivity index is 1.46. The number of carbonyl (C=O) groups excluding carboxylic acids is 4. The van der Waals surface area contributed by atoms with Gasteiger partial charge in [0.05, 0.1) is 5.92 Å². The number of anilines is 1. The van der Waals surface area contributed by atoms with Crippen molar-refractivity contribution in [2.75, 3.05) is 18.1 Å². The van der Waals surface area contributed by atoms with Crippen LogP contribution in [-0.2, 0) is 25.5 Å². The molecule has 156 valence electrons. The Morgan fingerprint density at radius 1 is 1.17 bits per heavy atom. The number of hydrogen-bond donors (Lipinski definition) is 2. The van der Waals surface area contributed by atoms with Gasteiger partial charge < -0.3 is 15.0 Å². The van der Waals surface area contributed by atoms with Gasteiger partial charge in [-0.2, -0.15) is 0 Å². The first kappa shape index (κ1) is 20.8. The van der Waals surface area contributed by atoms with Gasteiger partial charge in [0.1, 0.15) is 0 Å². The number of rotatable bonds is 6.